The average molecular weight is 296 g/mol. The third-order valence-electron chi connectivity index (χ3n) is 3.66. The summed E-state index contributed by atoms with van der Waals surface area (Å²) in [5.74, 6) is -0.446. The van der Waals surface area contributed by atoms with Gasteiger partial charge in [-0.3, -0.25) is 0 Å². The lowest BCUT2D eigenvalue weighted by molar-refractivity contribution is -0.180. The van der Waals surface area contributed by atoms with E-state index >= 15 is 0 Å². The third-order valence-corrected chi connectivity index (χ3v) is 3.66. The van der Waals surface area contributed by atoms with E-state index in [0.29, 0.717) is 37.2 Å². The van der Waals surface area contributed by atoms with Crippen molar-refractivity contribution in [3.63, 3.8) is 0 Å². The van der Waals surface area contributed by atoms with Crippen molar-refractivity contribution in [2.75, 3.05) is 20.3 Å². The van der Waals surface area contributed by atoms with Crippen molar-refractivity contribution in [2.24, 2.45) is 0 Å². The number of carbonyl (C=O) groups is 1. The van der Waals surface area contributed by atoms with Crippen LogP contribution in [0.1, 0.15) is 39.9 Å². The number of hydrogen-bond acceptors (Lipinski definition) is 4. The normalized spacial score (nSPS) is 16.0. The molecule has 0 atom stereocenters. The van der Waals surface area contributed by atoms with E-state index in [0.717, 1.165) is 17.5 Å². The summed E-state index contributed by atoms with van der Waals surface area (Å²) in [5, 5.41) is 0. The van der Waals surface area contributed by atoms with Gasteiger partial charge in [0.2, 0.25) is 0 Å². The zero-order valence-electron chi connectivity index (χ0n) is 12.5. The number of carbonyl (C=O) groups excluding carboxylic acids is 1. The molecular formula is C16H21FO4. The third kappa shape index (κ3) is 4.02. The fraction of sp³-hybridized carbons (Fsp3) is 0.562. The number of ether oxygens (including phenoxy) is 3. The van der Waals surface area contributed by atoms with E-state index in [1.165, 1.54) is 7.11 Å². The number of halogens is 1. The number of benzene rings is 1. The summed E-state index contributed by atoms with van der Waals surface area (Å²) < 4.78 is 29.0. The molecule has 0 amide bonds. The number of methoxy groups -OCH3 is 1. The lowest BCUT2D eigenvalue weighted by Gasteiger charge is -2.23. The van der Waals surface area contributed by atoms with Gasteiger partial charge >= 0.3 is 5.97 Å². The van der Waals surface area contributed by atoms with E-state index in [1.807, 2.05) is 6.92 Å². The molecule has 1 heterocycles. The van der Waals surface area contributed by atoms with Gasteiger partial charge in [-0.25, -0.2) is 9.18 Å². The maximum atomic E-state index is 13.3. The van der Waals surface area contributed by atoms with Gasteiger partial charge in [0.25, 0.3) is 0 Å². The Balaban J connectivity index is 2.12. The Morgan fingerprint density at radius 2 is 2.10 bits per heavy atom. The van der Waals surface area contributed by atoms with Gasteiger partial charge in [-0.05, 0) is 48.6 Å². The van der Waals surface area contributed by atoms with Crippen LogP contribution < -0.4 is 0 Å². The summed E-state index contributed by atoms with van der Waals surface area (Å²) in [4.78, 5) is 11.6. The van der Waals surface area contributed by atoms with Crippen molar-refractivity contribution < 1.29 is 23.4 Å². The van der Waals surface area contributed by atoms with Crippen LogP contribution in [0.15, 0.2) is 12.1 Å². The van der Waals surface area contributed by atoms with Gasteiger partial charge in [0.05, 0.1) is 25.9 Å². The maximum absolute atomic E-state index is 13.3. The van der Waals surface area contributed by atoms with Crippen LogP contribution in [0.4, 0.5) is 4.39 Å². The van der Waals surface area contributed by atoms with E-state index in [1.54, 1.807) is 12.1 Å². The molecule has 5 heteroatoms. The zero-order chi connectivity index (χ0) is 15.2. The molecule has 4 nitrogen and oxygen atoms in total. The molecule has 1 aromatic rings. The Kier molecular flexibility index (Phi) is 5.70. The summed E-state index contributed by atoms with van der Waals surface area (Å²) >= 11 is 0. The van der Waals surface area contributed by atoms with Gasteiger partial charge in [-0.1, -0.05) is 0 Å². The molecular weight excluding hydrogens is 275 g/mol. The Hall–Kier alpha value is -1.46. The summed E-state index contributed by atoms with van der Waals surface area (Å²) in [6.45, 7) is 2.69. The summed E-state index contributed by atoms with van der Waals surface area (Å²) in [7, 11) is 1.32. The van der Waals surface area contributed by atoms with E-state index in [9.17, 15) is 9.18 Å². The van der Waals surface area contributed by atoms with Crippen LogP contribution in [0.2, 0.25) is 0 Å². The highest BCUT2D eigenvalue weighted by atomic mass is 19.1. The minimum absolute atomic E-state index is 0.217. The number of aryl methyl sites for hydroxylation is 1. The van der Waals surface area contributed by atoms with Gasteiger partial charge in [-0.2, -0.15) is 0 Å². The van der Waals surface area contributed by atoms with E-state index in [-0.39, 0.29) is 6.29 Å². The first-order valence-electron chi connectivity index (χ1n) is 7.15. The number of rotatable bonds is 5. The molecule has 21 heavy (non-hydrogen) atoms. The molecule has 0 spiro atoms. The monoisotopic (exact) mass is 296 g/mol. The summed E-state index contributed by atoms with van der Waals surface area (Å²) in [5.41, 5.74) is 2.73. The molecule has 1 saturated heterocycles. The number of esters is 1. The van der Waals surface area contributed by atoms with Crippen molar-refractivity contribution in [3.05, 3.63) is 34.4 Å². The average Bonchev–Trinajstić information content (AvgIpc) is 2.53. The molecule has 0 saturated carbocycles. The zero-order valence-corrected chi connectivity index (χ0v) is 12.5. The number of hydrogen-bond donors (Lipinski definition) is 0. The second-order valence-corrected chi connectivity index (χ2v) is 5.12. The predicted molar refractivity (Wildman–Crippen MR) is 76.0 cm³/mol. The van der Waals surface area contributed by atoms with Gasteiger partial charge in [-0.15, -0.1) is 0 Å². The fourth-order valence-corrected chi connectivity index (χ4v) is 2.57. The molecule has 0 aromatic heterocycles. The largest absolute Gasteiger partial charge is 0.465 e. The molecule has 0 N–H and O–H groups in total. The Bertz CT molecular complexity index is 495. The summed E-state index contributed by atoms with van der Waals surface area (Å²) in [6, 6.07) is 3.31. The highest BCUT2D eigenvalue weighted by Crippen LogP contribution is 2.22. The molecule has 0 bridgehead atoms. The minimum Gasteiger partial charge on any atom is -0.465 e. The van der Waals surface area contributed by atoms with Crippen LogP contribution in [-0.4, -0.2) is 32.6 Å². The smallest absolute Gasteiger partial charge is 0.337 e. The van der Waals surface area contributed by atoms with Gasteiger partial charge in [0, 0.05) is 6.42 Å². The molecule has 2 rings (SSSR count). The first-order valence-corrected chi connectivity index (χ1v) is 7.15. The van der Waals surface area contributed by atoms with Crippen LogP contribution in [-0.2, 0) is 27.3 Å². The van der Waals surface area contributed by atoms with E-state index in [4.69, 9.17) is 9.47 Å². The molecule has 0 aliphatic carbocycles. The Morgan fingerprint density at radius 1 is 1.38 bits per heavy atom. The minimum atomic E-state index is -0.604. The van der Waals surface area contributed by atoms with Crippen LogP contribution in [0.3, 0.4) is 0 Å². The van der Waals surface area contributed by atoms with Crippen molar-refractivity contribution in [1.29, 1.82) is 0 Å². The van der Waals surface area contributed by atoms with E-state index < -0.39 is 12.6 Å². The molecule has 1 aliphatic heterocycles. The van der Waals surface area contributed by atoms with Crippen molar-refractivity contribution in [3.8, 4) is 0 Å². The van der Waals surface area contributed by atoms with Crippen LogP contribution in [0.25, 0.3) is 0 Å². The van der Waals surface area contributed by atoms with Crippen LogP contribution >= 0.6 is 0 Å². The highest BCUT2D eigenvalue weighted by molar-refractivity contribution is 5.90. The molecule has 0 unspecified atom stereocenters. The standard InChI is InChI=1S/C16H21FO4/c1-11-8-12(16(18)19-2)9-13(10-17)14(11)4-5-15-20-6-3-7-21-15/h8-9,15H,3-7,10H2,1-2H3. The molecule has 1 fully saturated rings. The Morgan fingerprint density at radius 3 is 2.71 bits per heavy atom. The lowest BCUT2D eigenvalue weighted by atomic mass is 9.95. The topological polar surface area (TPSA) is 44.8 Å². The molecule has 116 valence electrons. The highest BCUT2D eigenvalue weighted by Gasteiger charge is 2.17. The van der Waals surface area contributed by atoms with Crippen molar-refractivity contribution in [2.45, 2.75) is 39.2 Å². The quantitative estimate of drug-likeness (QED) is 0.784. The maximum Gasteiger partial charge on any atom is 0.337 e. The lowest BCUT2D eigenvalue weighted by Crippen LogP contribution is -2.25. The van der Waals surface area contributed by atoms with Gasteiger partial charge < -0.3 is 14.2 Å². The molecule has 1 aromatic carbocycles. The predicted octanol–water partition coefficient (Wildman–Crippen LogP) is 2.95. The summed E-state index contributed by atoms with van der Waals surface area (Å²) in [6.07, 6.45) is 2.05. The number of alkyl halides is 1. The SMILES string of the molecule is COC(=O)c1cc(C)c(CCC2OCCCO2)c(CF)c1. The van der Waals surface area contributed by atoms with Gasteiger partial charge in [0.1, 0.15) is 6.67 Å². The van der Waals surface area contributed by atoms with Crippen molar-refractivity contribution >= 4 is 5.97 Å². The molecule has 1 aliphatic rings. The molecule has 0 radical (unpaired) electrons. The Labute approximate surface area is 124 Å². The van der Waals surface area contributed by atoms with Crippen LogP contribution in [0.5, 0.6) is 0 Å². The van der Waals surface area contributed by atoms with Crippen molar-refractivity contribution in [1.82, 2.24) is 0 Å². The second kappa shape index (κ2) is 7.52. The van der Waals surface area contributed by atoms with Gasteiger partial charge in [0.15, 0.2) is 6.29 Å². The fourth-order valence-electron chi connectivity index (χ4n) is 2.57. The van der Waals surface area contributed by atoms with E-state index in [2.05, 4.69) is 4.74 Å². The second-order valence-electron chi connectivity index (χ2n) is 5.12. The first kappa shape index (κ1) is 15.9. The van der Waals surface area contributed by atoms with Crippen LogP contribution in [0, 0.1) is 6.92 Å². The first-order chi connectivity index (χ1) is 10.2.